The van der Waals surface area contributed by atoms with Gasteiger partial charge in [0.2, 0.25) is 0 Å². The van der Waals surface area contributed by atoms with Gasteiger partial charge in [-0.25, -0.2) is 0 Å². The fourth-order valence-corrected chi connectivity index (χ4v) is 3.60. The van der Waals surface area contributed by atoms with Gasteiger partial charge in [0, 0.05) is 0 Å². The molecule has 3 heteroatoms. The maximum atomic E-state index is 13.0. The Kier molecular flexibility index (Phi) is 4.17. The normalized spacial score (nSPS) is 15.0. The van der Waals surface area contributed by atoms with Gasteiger partial charge in [0.05, 0.1) is 6.61 Å². The van der Waals surface area contributed by atoms with Crippen LogP contribution in [0.5, 0.6) is 0 Å². The molecule has 1 aliphatic carbocycles. The number of carbonyl (C=O) groups is 2. The minimum absolute atomic E-state index is 0.178. The molecule has 0 amide bonds. The average Bonchev–Trinajstić information content (AvgIpc) is 2.69. The monoisotopic (exact) mass is 332 g/mol. The summed E-state index contributed by atoms with van der Waals surface area (Å²) in [5.41, 5.74) is 2.59. The Labute approximate surface area is 147 Å². The molecule has 0 spiro atoms. The molecule has 0 saturated heterocycles. The van der Waals surface area contributed by atoms with E-state index in [0.717, 1.165) is 22.3 Å². The van der Waals surface area contributed by atoms with Crippen molar-refractivity contribution in [2.45, 2.75) is 13.8 Å². The van der Waals surface area contributed by atoms with E-state index in [9.17, 15) is 9.59 Å². The maximum Gasteiger partial charge on any atom is 0.328 e. The molecule has 126 valence electrons. The predicted octanol–water partition coefficient (Wildman–Crippen LogP) is 4.53. The summed E-state index contributed by atoms with van der Waals surface area (Å²) < 4.78 is 5.29. The molecule has 0 aromatic heterocycles. The molecule has 3 nitrogen and oxygen atoms in total. The number of Topliss-reactive ketones (excluding diaryl/α,β-unsaturated/α-hetero) is 1. The second-order valence-electron chi connectivity index (χ2n) is 6.07. The lowest BCUT2D eigenvalue weighted by Gasteiger charge is -2.32. The molecule has 2 aromatic rings. The van der Waals surface area contributed by atoms with Gasteiger partial charge in [-0.05, 0) is 47.2 Å². The number of carbonyl (C=O) groups excluding carboxylic acids is 2. The Morgan fingerprint density at radius 2 is 1.28 bits per heavy atom. The van der Waals surface area contributed by atoms with E-state index in [2.05, 4.69) is 13.2 Å². The number of hydrogen-bond acceptors (Lipinski definition) is 3. The Balaban J connectivity index is 2.44. The van der Waals surface area contributed by atoms with Crippen LogP contribution in [0, 0.1) is 5.41 Å². The highest BCUT2D eigenvalue weighted by Crippen LogP contribution is 2.53. The summed E-state index contributed by atoms with van der Waals surface area (Å²) in [5, 5.41) is 0. The van der Waals surface area contributed by atoms with Crippen LogP contribution in [0.25, 0.3) is 22.3 Å². The van der Waals surface area contributed by atoms with Crippen molar-refractivity contribution in [3.8, 4) is 11.1 Å². The van der Waals surface area contributed by atoms with E-state index >= 15 is 0 Å². The van der Waals surface area contributed by atoms with Crippen LogP contribution in [0.3, 0.4) is 0 Å². The third-order valence-electron chi connectivity index (χ3n) is 4.81. The van der Waals surface area contributed by atoms with Crippen LogP contribution < -0.4 is 0 Å². The topological polar surface area (TPSA) is 43.4 Å². The number of rotatable bonds is 3. The summed E-state index contributed by atoms with van der Waals surface area (Å²) in [7, 11) is 0. The Morgan fingerprint density at radius 1 is 0.880 bits per heavy atom. The Bertz CT molecular complexity index is 847. The number of esters is 1. The SMILES string of the molecule is C=C1c2ccccc2-c2ccccc2C(=C)C1(C(C)=O)C(=O)OCC. The van der Waals surface area contributed by atoms with Crippen LogP contribution in [0.4, 0.5) is 0 Å². The Hall–Kier alpha value is -2.94. The molecule has 2 aromatic carbocycles. The lowest BCUT2D eigenvalue weighted by molar-refractivity contribution is -0.152. The smallest absolute Gasteiger partial charge is 0.328 e. The van der Waals surface area contributed by atoms with Gasteiger partial charge in [-0.15, -0.1) is 0 Å². The average molecular weight is 332 g/mol. The maximum absolute atomic E-state index is 13.0. The lowest BCUT2D eigenvalue weighted by atomic mass is 9.69. The third kappa shape index (κ3) is 2.27. The molecule has 0 radical (unpaired) electrons. The van der Waals surface area contributed by atoms with Gasteiger partial charge < -0.3 is 4.74 Å². The minimum atomic E-state index is -1.61. The lowest BCUT2D eigenvalue weighted by Crippen LogP contribution is -2.41. The molecule has 0 bridgehead atoms. The molecule has 0 aliphatic heterocycles. The van der Waals surface area contributed by atoms with Crippen LogP contribution in [-0.4, -0.2) is 18.4 Å². The quantitative estimate of drug-likeness (QED) is 0.612. The molecule has 0 saturated carbocycles. The number of hydrogen-bond donors (Lipinski definition) is 0. The van der Waals surface area contributed by atoms with Gasteiger partial charge in [0.15, 0.2) is 11.2 Å². The number of fused-ring (bicyclic) bond motifs is 3. The van der Waals surface area contributed by atoms with Crippen LogP contribution in [-0.2, 0) is 14.3 Å². The largest absolute Gasteiger partial charge is 0.465 e. The summed E-state index contributed by atoms with van der Waals surface area (Å²) >= 11 is 0. The van der Waals surface area contributed by atoms with E-state index in [0.29, 0.717) is 11.1 Å². The van der Waals surface area contributed by atoms with Crippen molar-refractivity contribution >= 4 is 22.9 Å². The molecular weight excluding hydrogens is 312 g/mol. The van der Waals surface area contributed by atoms with E-state index in [4.69, 9.17) is 4.74 Å². The van der Waals surface area contributed by atoms with Gasteiger partial charge in [-0.3, -0.25) is 9.59 Å². The fraction of sp³-hybridized carbons (Fsp3) is 0.182. The standard InChI is InChI=1S/C22H20O3/c1-5-25-21(24)22(16(4)23)14(2)17-10-6-8-12-19(17)20-13-9-7-11-18(20)15(22)3/h6-13H,2-3,5H2,1,4H3. The zero-order chi connectivity index (χ0) is 18.2. The molecule has 0 unspecified atom stereocenters. The van der Waals surface area contributed by atoms with Crippen molar-refractivity contribution in [3.63, 3.8) is 0 Å². The van der Waals surface area contributed by atoms with Crippen LogP contribution in [0.2, 0.25) is 0 Å². The van der Waals surface area contributed by atoms with Gasteiger partial charge >= 0.3 is 5.97 Å². The molecule has 3 rings (SSSR count). The Morgan fingerprint density at radius 3 is 1.64 bits per heavy atom. The summed E-state index contributed by atoms with van der Waals surface area (Å²) in [5.74, 6) is -0.962. The first-order valence-electron chi connectivity index (χ1n) is 8.22. The molecular formula is C22H20O3. The second kappa shape index (κ2) is 6.17. The van der Waals surface area contributed by atoms with Crippen LogP contribution >= 0.6 is 0 Å². The summed E-state index contributed by atoms with van der Waals surface area (Å²) in [6, 6.07) is 15.3. The highest BCUT2D eigenvalue weighted by molar-refractivity contribution is 6.25. The summed E-state index contributed by atoms with van der Waals surface area (Å²) in [6.07, 6.45) is 0. The molecule has 1 aliphatic rings. The van der Waals surface area contributed by atoms with Gasteiger partial charge in [0.25, 0.3) is 0 Å². The van der Waals surface area contributed by atoms with Crippen LogP contribution in [0.15, 0.2) is 61.7 Å². The summed E-state index contributed by atoms with van der Waals surface area (Å²) in [4.78, 5) is 25.8. The zero-order valence-corrected chi connectivity index (χ0v) is 14.5. The van der Waals surface area contributed by atoms with Crippen molar-refractivity contribution in [2.24, 2.45) is 5.41 Å². The third-order valence-corrected chi connectivity index (χ3v) is 4.81. The van der Waals surface area contributed by atoms with Crippen LogP contribution in [0.1, 0.15) is 25.0 Å². The van der Waals surface area contributed by atoms with E-state index in [1.165, 1.54) is 6.92 Å². The predicted molar refractivity (Wildman–Crippen MR) is 99.7 cm³/mol. The molecule has 0 fully saturated rings. The first-order valence-corrected chi connectivity index (χ1v) is 8.22. The number of ketones is 1. The number of ether oxygens (including phenoxy) is 1. The second-order valence-corrected chi connectivity index (χ2v) is 6.07. The molecule has 0 atom stereocenters. The van der Waals surface area contributed by atoms with E-state index in [1.807, 2.05) is 48.5 Å². The van der Waals surface area contributed by atoms with Crippen molar-refractivity contribution in [2.75, 3.05) is 6.61 Å². The van der Waals surface area contributed by atoms with Crippen molar-refractivity contribution in [1.82, 2.24) is 0 Å². The zero-order valence-electron chi connectivity index (χ0n) is 14.5. The van der Waals surface area contributed by atoms with Crippen molar-refractivity contribution in [1.29, 1.82) is 0 Å². The van der Waals surface area contributed by atoms with E-state index in [-0.39, 0.29) is 12.4 Å². The summed E-state index contributed by atoms with van der Waals surface area (Å²) in [6.45, 7) is 11.6. The molecule has 0 N–H and O–H groups in total. The molecule has 25 heavy (non-hydrogen) atoms. The van der Waals surface area contributed by atoms with Gasteiger partial charge in [0.1, 0.15) is 0 Å². The van der Waals surface area contributed by atoms with Gasteiger partial charge in [-0.1, -0.05) is 61.7 Å². The van der Waals surface area contributed by atoms with E-state index < -0.39 is 11.4 Å². The van der Waals surface area contributed by atoms with Gasteiger partial charge in [-0.2, -0.15) is 0 Å². The highest BCUT2D eigenvalue weighted by Gasteiger charge is 2.52. The van der Waals surface area contributed by atoms with E-state index in [1.54, 1.807) is 6.92 Å². The van der Waals surface area contributed by atoms with Crippen molar-refractivity contribution < 1.29 is 14.3 Å². The highest BCUT2D eigenvalue weighted by atomic mass is 16.5. The fourth-order valence-electron chi connectivity index (χ4n) is 3.60. The first kappa shape index (κ1) is 16.9. The first-order chi connectivity index (χ1) is 12.0. The minimum Gasteiger partial charge on any atom is -0.465 e. The van der Waals surface area contributed by atoms with Crippen molar-refractivity contribution in [3.05, 3.63) is 72.8 Å². The number of benzene rings is 2. The molecule has 0 heterocycles.